The molecule has 0 saturated carbocycles. The molecule has 0 aromatic heterocycles. The molecule has 192 valence electrons. The average Bonchev–Trinajstić information content (AvgIpc) is 3.14. The fourth-order valence-corrected chi connectivity index (χ4v) is 6.22. The van der Waals surface area contributed by atoms with Gasteiger partial charge in [-0.05, 0) is 49.6 Å². The van der Waals surface area contributed by atoms with Crippen LogP contribution in [0.4, 0.5) is 4.39 Å². The van der Waals surface area contributed by atoms with Crippen molar-refractivity contribution in [3.8, 4) is 0 Å². The van der Waals surface area contributed by atoms with Gasteiger partial charge < -0.3 is 14.7 Å². The van der Waals surface area contributed by atoms with Gasteiger partial charge in [-0.1, -0.05) is 24.6 Å². The summed E-state index contributed by atoms with van der Waals surface area (Å²) >= 11 is 0. The monoisotopic (exact) mass is 516 g/mol. The van der Waals surface area contributed by atoms with Crippen molar-refractivity contribution in [2.24, 2.45) is 0 Å². The maximum Gasteiger partial charge on any atom is 0.295 e. The van der Waals surface area contributed by atoms with Gasteiger partial charge in [-0.15, -0.1) is 0 Å². The molecule has 2 aliphatic rings. The van der Waals surface area contributed by atoms with Crippen molar-refractivity contribution in [1.82, 2.24) is 9.21 Å². The summed E-state index contributed by atoms with van der Waals surface area (Å²) < 4.78 is 47.2. The molecule has 0 bridgehead atoms. The van der Waals surface area contributed by atoms with Crippen molar-refractivity contribution in [3.63, 3.8) is 0 Å². The SMILES string of the molecule is COCCCN1C(=O)C(=O)C(=C(O)c2ccc(S(=O)(=O)N3CCCCC3)cc2)[C@@H]1c1ccccc1F. The van der Waals surface area contributed by atoms with E-state index in [0.717, 1.165) is 19.3 Å². The molecule has 2 fully saturated rings. The third kappa shape index (κ3) is 4.93. The minimum absolute atomic E-state index is 0.0756. The first-order chi connectivity index (χ1) is 17.3. The summed E-state index contributed by atoms with van der Waals surface area (Å²) in [6, 6.07) is 10.2. The number of rotatable bonds is 8. The zero-order chi connectivity index (χ0) is 25.9. The minimum Gasteiger partial charge on any atom is -0.507 e. The Kier molecular flexibility index (Phi) is 7.87. The second kappa shape index (κ2) is 10.9. The van der Waals surface area contributed by atoms with Gasteiger partial charge in [-0.3, -0.25) is 9.59 Å². The Labute approximate surface area is 210 Å². The number of benzene rings is 2. The molecular weight excluding hydrogens is 487 g/mol. The Hall–Kier alpha value is -3.08. The number of aliphatic hydroxyl groups is 1. The molecule has 2 aromatic rings. The van der Waals surface area contributed by atoms with Gasteiger partial charge in [-0.2, -0.15) is 4.31 Å². The number of nitrogens with zero attached hydrogens (tertiary/aromatic N) is 2. The first kappa shape index (κ1) is 26.0. The molecular formula is C26H29FN2O6S. The van der Waals surface area contributed by atoms with E-state index in [0.29, 0.717) is 26.1 Å². The van der Waals surface area contributed by atoms with Crippen LogP contribution in [0, 0.1) is 5.82 Å². The Morgan fingerprint density at radius 2 is 1.72 bits per heavy atom. The van der Waals surface area contributed by atoms with Gasteiger partial charge in [0.2, 0.25) is 10.0 Å². The van der Waals surface area contributed by atoms with Crippen LogP contribution >= 0.6 is 0 Å². The number of aliphatic hydroxyl groups excluding tert-OH is 1. The van der Waals surface area contributed by atoms with Gasteiger partial charge in [0.05, 0.1) is 16.5 Å². The second-order valence-electron chi connectivity index (χ2n) is 8.85. The molecule has 10 heteroatoms. The molecule has 8 nitrogen and oxygen atoms in total. The quantitative estimate of drug-likeness (QED) is 0.249. The lowest BCUT2D eigenvalue weighted by Gasteiger charge is -2.26. The molecule has 0 unspecified atom stereocenters. The number of piperidine rings is 1. The second-order valence-corrected chi connectivity index (χ2v) is 10.8. The van der Waals surface area contributed by atoms with Crippen molar-refractivity contribution in [1.29, 1.82) is 0 Å². The summed E-state index contributed by atoms with van der Waals surface area (Å²) in [7, 11) is -2.17. The van der Waals surface area contributed by atoms with E-state index in [4.69, 9.17) is 4.74 Å². The highest BCUT2D eigenvalue weighted by Crippen LogP contribution is 2.40. The van der Waals surface area contributed by atoms with Crippen molar-refractivity contribution < 1.29 is 32.2 Å². The number of ether oxygens (including phenoxy) is 1. The smallest absolute Gasteiger partial charge is 0.295 e. The normalized spacial score (nSPS) is 20.7. The van der Waals surface area contributed by atoms with E-state index in [1.165, 1.54) is 58.8 Å². The van der Waals surface area contributed by atoms with Gasteiger partial charge in [0.15, 0.2) is 0 Å². The average molecular weight is 517 g/mol. The molecule has 2 heterocycles. The van der Waals surface area contributed by atoms with Gasteiger partial charge in [0.25, 0.3) is 11.7 Å². The molecule has 2 aliphatic heterocycles. The number of carbonyl (C=O) groups excluding carboxylic acids is 2. The van der Waals surface area contributed by atoms with E-state index < -0.39 is 39.3 Å². The Morgan fingerprint density at radius 3 is 2.36 bits per heavy atom. The van der Waals surface area contributed by atoms with Crippen molar-refractivity contribution >= 4 is 27.5 Å². The van der Waals surface area contributed by atoms with Crippen LogP contribution in [0.3, 0.4) is 0 Å². The van der Waals surface area contributed by atoms with E-state index >= 15 is 0 Å². The number of hydrogen-bond donors (Lipinski definition) is 1. The molecule has 4 rings (SSSR count). The van der Waals surface area contributed by atoms with Crippen molar-refractivity contribution in [2.45, 2.75) is 36.6 Å². The highest BCUT2D eigenvalue weighted by molar-refractivity contribution is 7.89. The van der Waals surface area contributed by atoms with E-state index in [1.54, 1.807) is 6.07 Å². The molecule has 2 saturated heterocycles. The first-order valence-corrected chi connectivity index (χ1v) is 13.3. The van der Waals surface area contributed by atoms with Crippen LogP contribution in [-0.2, 0) is 24.3 Å². The summed E-state index contributed by atoms with van der Waals surface area (Å²) in [6.45, 7) is 1.37. The summed E-state index contributed by atoms with van der Waals surface area (Å²) in [4.78, 5) is 27.2. The lowest BCUT2D eigenvalue weighted by Crippen LogP contribution is -2.35. The summed E-state index contributed by atoms with van der Waals surface area (Å²) in [6.07, 6.45) is 3.01. The lowest BCUT2D eigenvalue weighted by molar-refractivity contribution is -0.140. The summed E-state index contributed by atoms with van der Waals surface area (Å²) in [5.74, 6) is -2.87. The van der Waals surface area contributed by atoms with Crippen LogP contribution in [0.5, 0.6) is 0 Å². The number of ketones is 1. The van der Waals surface area contributed by atoms with E-state index in [-0.39, 0.29) is 28.1 Å². The maximum absolute atomic E-state index is 14.8. The minimum atomic E-state index is -3.68. The number of Topliss-reactive ketones (excluding diaryl/α,β-unsaturated/α-hetero) is 1. The molecule has 36 heavy (non-hydrogen) atoms. The van der Waals surface area contributed by atoms with E-state index in [2.05, 4.69) is 0 Å². The van der Waals surface area contributed by atoms with E-state index in [1.807, 2.05) is 0 Å². The number of methoxy groups -OCH3 is 1. The Bertz CT molecular complexity index is 1270. The van der Waals surface area contributed by atoms with Gasteiger partial charge in [0, 0.05) is 44.5 Å². The largest absolute Gasteiger partial charge is 0.507 e. The Balaban J connectivity index is 1.73. The van der Waals surface area contributed by atoms with Gasteiger partial charge >= 0.3 is 0 Å². The molecule has 0 aliphatic carbocycles. The number of halogens is 1. The van der Waals surface area contributed by atoms with Crippen LogP contribution in [0.15, 0.2) is 59.0 Å². The van der Waals surface area contributed by atoms with Gasteiger partial charge in [-0.25, -0.2) is 12.8 Å². The maximum atomic E-state index is 14.8. The zero-order valence-corrected chi connectivity index (χ0v) is 20.8. The topological polar surface area (TPSA) is 104 Å². The molecule has 0 spiro atoms. The highest BCUT2D eigenvalue weighted by atomic mass is 32.2. The number of carbonyl (C=O) groups is 2. The first-order valence-electron chi connectivity index (χ1n) is 11.9. The van der Waals surface area contributed by atoms with Crippen molar-refractivity contribution in [3.05, 3.63) is 71.0 Å². The Morgan fingerprint density at radius 1 is 1.06 bits per heavy atom. The summed E-state index contributed by atoms with van der Waals surface area (Å²) in [5, 5.41) is 11.1. The van der Waals surface area contributed by atoms with E-state index in [9.17, 15) is 27.5 Å². The number of amides is 1. The molecule has 1 amide bonds. The zero-order valence-electron chi connectivity index (χ0n) is 20.0. The van der Waals surface area contributed by atoms with Crippen LogP contribution in [-0.4, -0.2) is 67.8 Å². The lowest BCUT2D eigenvalue weighted by atomic mass is 9.95. The van der Waals surface area contributed by atoms with Gasteiger partial charge in [0.1, 0.15) is 11.6 Å². The molecule has 0 radical (unpaired) electrons. The van der Waals surface area contributed by atoms with Crippen LogP contribution < -0.4 is 0 Å². The third-order valence-electron chi connectivity index (χ3n) is 6.57. The number of sulfonamides is 1. The highest BCUT2D eigenvalue weighted by Gasteiger charge is 2.46. The van der Waals surface area contributed by atoms with Crippen molar-refractivity contribution in [2.75, 3.05) is 33.4 Å². The molecule has 1 N–H and O–H groups in total. The molecule has 1 atom stereocenters. The number of hydrogen-bond acceptors (Lipinski definition) is 6. The van der Waals surface area contributed by atoms with Crippen LogP contribution in [0.1, 0.15) is 42.9 Å². The fraction of sp³-hybridized carbons (Fsp3) is 0.385. The van der Waals surface area contributed by atoms with Crippen LogP contribution in [0.25, 0.3) is 5.76 Å². The van der Waals surface area contributed by atoms with Crippen LogP contribution in [0.2, 0.25) is 0 Å². The standard InChI is InChI=1S/C26H29FN2O6S/c1-35-17-7-16-29-23(20-8-3-4-9-21(20)27)22(25(31)26(29)32)24(30)18-10-12-19(13-11-18)36(33,34)28-14-5-2-6-15-28/h3-4,8-13,23,30H,2,5-7,14-17H2,1H3/t23-/m0/s1. The molecule has 2 aromatic carbocycles. The predicted octanol–water partition coefficient (Wildman–Crippen LogP) is 3.46. The third-order valence-corrected chi connectivity index (χ3v) is 8.48. The summed E-state index contributed by atoms with van der Waals surface area (Å²) in [5.41, 5.74) is -0.00190. The predicted molar refractivity (Wildman–Crippen MR) is 131 cm³/mol. The fourth-order valence-electron chi connectivity index (χ4n) is 4.70. The number of likely N-dealkylation sites (tertiary alicyclic amines) is 1.